The average Bonchev–Trinajstić information content (AvgIpc) is 2.56. The summed E-state index contributed by atoms with van der Waals surface area (Å²) in [5.41, 5.74) is 0.389. The molecule has 1 aromatic carbocycles. The first-order valence-electron chi connectivity index (χ1n) is 10.7. The average molecular weight is 434 g/mol. The van der Waals surface area contributed by atoms with Crippen molar-refractivity contribution in [3.05, 3.63) is 35.4 Å². The second-order valence-electron chi connectivity index (χ2n) is 10.2. The number of rotatable bonds is 6. The van der Waals surface area contributed by atoms with Crippen molar-refractivity contribution >= 4 is 17.9 Å². The molecule has 7 heteroatoms. The Morgan fingerprint density at radius 1 is 0.903 bits per heavy atom. The number of nitrogens with zero attached hydrogens (tertiary/aromatic N) is 1. The zero-order valence-electron chi connectivity index (χ0n) is 20.6. The molecule has 2 atom stereocenters. The van der Waals surface area contributed by atoms with E-state index in [2.05, 4.69) is 10.6 Å². The monoisotopic (exact) mass is 433 g/mol. The van der Waals surface area contributed by atoms with Crippen LogP contribution in [-0.2, 0) is 14.3 Å². The lowest BCUT2D eigenvalue weighted by atomic mass is 9.95. The first-order valence-corrected chi connectivity index (χ1v) is 10.7. The Kier molecular flexibility index (Phi) is 8.67. The summed E-state index contributed by atoms with van der Waals surface area (Å²) >= 11 is 0. The fraction of sp³-hybridized carbons (Fsp3) is 0.625. The van der Waals surface area contributed by atoms with Gasteiger partial charge in [0.15, 0.2) is 0 Å². The van der Waals surface area contributed by atoms with E-state index < -0.39 is 29.3 Å². The van der Waals surface area contributed by atoms with Gasteiger partial charge in [0.05, 0.1) is 0 Å². The lowest BCUT2D eigenvalue weighted by Gasteiger charge is -2.42. The Bertz CT molecular complexity index is 773. The fourth-order valence-corrected chi connectivity index (χ4v) is 3.13. The molecule has 1 rings (SSSR count). The lowest BCUT2D eigenvalue weighted by molar-refractivity contribution is -0.148. The van der Waals surface area contributed by atoms with Gasteiger partial charge < -0.3 is 20.3 Å². The quantitative estimate of drug-likeness (QED) is 0.707. The molecule has 0 saturated carbocycles. The zero-order chi connectivity index (χ0) is 24.1. The standard InChI is InChI=1S/C24H39N3O4/c1-15(2)25-20(28)19(18-13-11-16(3)12-14-18)27(23(5,6)7)21(29)17(4)26-22(30)31-24(8,9)10/h11-15,17,19H,1-10H3,(H,25,28)(H,26,30). The van der Waals surface area contributed by atoms with Crippen LogP contribution in [0.25, 0.3) is 0 Å². The maximum Gasteiger partial charge on any atom is 0.408 e. The zero-order valence-corrected chi connectivity index (χ0v) is 20.6. The van der Waals surface area contributed by atoms with Crippen molar-refractivity contribution in [2.45, 2.75) is 98.5 Å². The fourth-order valence-electron chi connectivity index (χ4n) is 3.13. The Labute approximate surface area is 186 Å². The number of carbonyl (C=O) groups excluding carboxylic acids is 3. The molecule has 7 nitrogen and oxygen atoms in total. The van der Waals surface area contributed by atoms with Gasteiger partial charge in [-0.25, -0.2) is 4.79 Å². The largest absolute Gasteiger partial charge is 0.444 e. The highest BCUT2D eigenvalue weighted by atomic mass is 16.6. The molecular formula is C24H39N3O4. The van der Waals surface area contributed by atoms with Crippen LogP contribution in [0.4, 0.5) is 4.79 Å². The van der Waals surface area contributed by atoms with Crippen LogP contribution in [0.15, 0.2) is 24.3 Å². The number of amides is 3. The van der Waals surface area contributed by atoms with Gasteiger partial charge in [-0.1, -0.05) is 29.8 Å². The number of ether oxygens (including phenoxy) is 1. The van der Waals surface area contributed by atoms with E-state index in [0.717, 1.165) is 5.56 Å². The molecule has 0 aliphatic heterocycles. The van der Waals surface area contributed by atoms with E-state index in [9.17, 15) is 14.4 Å². The van der Waals surface area contributed by atoms with Gasteiger partial charge in [-0.05, 0) is 74.8 Å². The molecule has 0 radical (unpaired) electrons. The van der Waals surface area contributed by atoms with E-state index in [1.807, 2.05) is 65.8 Å². The first kappa shape index (κ1) is 26.5. The number of aryl methyl sites for hydroxylation is 1. The van der Waals surface area contributed by atoms with Crippen LogP contribution in [0, 0.1) is 6.92 Å². The minimum atomic E-state index is -0.881. The maximum absolute atomic E-state index is 13.5. The molecule has 2 unspecified atom stereocenters. The van der Waals surface area contributed by atoms with Crippen molar-refractivity contribution in [3.8, 4) is 0 Å². The number of alkyl carbamates (subject to hydrolysis) is 1. The summed E-state index contributed by atoms with van der Waals surface area (Å²) in [5, 5.41) is 5.53. The van der Waals surface area contributed by atoms with E-state index in [-0.39, 0.29) is 17.9 Å². The van der Waals surface area contributed by atoms with Crippen LogP contribution in [0.2, 0.25) is 0 Å². The second kappa shape index (κ2) is 10.2. The molecule has 0 aliphatic carbocycles. The van der Waals surface area contributed by atoms with E-state index in [1.165, 1.54) is 4.90 Å². The van der Waals surface area contributed by atoms with Crippen molar-refractivity contribution < 1.29 is 19.1 Å². The van der Waals surface area contributed by atoms with E-state index in [1.54, 1.807) is 27.7 Å². The minimum absolute atomic E-state index is 0.0883. The third kappa shape index (κ3) is 8.23. The summed E-state index contributed by atoms with van der Waals surface area (Å²) in [7, 11) is 0. The van der Waals surface area contributed by atoms with Crippen LogP contribution in [0.1, 0.15) is 79.5 Å². The van der Waals surface area contributed by atoms with E-state index in [4.69, 9.17) is 4.74 Å². The summed E-state index contributed by atoms with van der Waals surface area (Å²) in [4.78, 5) is 40.5. The lowest BCUT2D eigenvalue weighted by Crippen LogP contribution is -2.58. The highest BCUT2D eigenvalue weighted by Gasteiger charge is 2.40. The summed E-state index contributed by atoms with van der Waals surface area (Å²) in [6.45, 7) is 18.2. The number of benzene rings is 1. The van der Waals surface area contributed by atoms with Gasteiger partial charge in [0.2, 0.25) is 11.8 Å². The van der Waals surface area contributed by atoms with Gasteiger partial charge in [-0.15, -0.1) is 0 Å². The summed E-state index contributed by atoms with van der Waals surface area (Å²) < 4.78 is 5.28. The predicted octanol–water partition coefficient (Wildman–Crippen LogP) is 4.10. The van der Waals surface area contributed by atoms with Gasteiger partial charge in [0.1, 0.15) is 17.7 Å². The topological polar surface area (TPSA) is 87.7 Å². The highest BCUT2D eigenvalue weighted by molar-refractivity contribution is 5.92. The molecule has 0 spiro atoms. The van der Waals surface area contributed by atoms with Crippen molar-refractivity contribution in [1.29, 1.82) is 0 Å². The highest BCUT2D eigenvalue weighted by Crippen LogP contribution is 2.30. The minimum Gasteiger partial charge on any atom is -0.444 e. The van der Waals surface area contributed by atoms with Crippen molar-refractivity contribution in [3.63, 3.8) is 0 Å². The Balaban J connectivity index is 3.35. The van der Waals surface area contributed by atoms with Gasteiger partial charge in [-0.2, -0.15) is 0 Å². The Hall–Kier alpha value is -2.57. The van der Waals surface area contributed by atoms with Crippen LogP contribution in [0.3, 0.4) is 0 Å². The van der Waals surface area contributed by atoms with Gasteiger partial charge >= 0.3 is 6.09 Å². The molecule has 3 amide bonds. The number of carbonyl (C=O) groups is 3. The van der Waals surface area contributed by atoms with Gasteiger partial charge in [0.25, 0.3) is 0 Å². The molecule has 0 bridgehead atoms. The molecule has 31 heavy (non-hydrogen) atoms. The van der Waals surface area contributed by atoms with Gasteiger partial charge in [-0.3, -0.25) is 9.59 Å². The molecule has 0 saturated heterocycles. The molecule has 174 valence electrons. The van der Waals surface area contributed by atoms with E-state index >= 15 is 0 Å². The molecule has 0 aliphatic rings. The first-order chi connectivity index (χ1) is 14.0. The predicted molar refractivity (Wildman–Crippen MR) is 123 cm³/mol. The Morgan fingerprint density at radius 3 is 1.84 bits per heavy atom. The van der Waals surface area contributed by atoms with Crippen LogP contribution in [0.5, 0.6) is 0 Å². The van der Waals surface area contributed by atoms with Crippen LogP contribution >= 0.6 is 0 Å². The molecule has 2 N–H and O–H groups in total. The third-order valence-corrected chi connectivity index (χ3v) is 4.39. The summed E-state index contributed by atoms with van der Waals surface area (Å²) in [5.74, 6) is -0.644. The molecule has 0 fully saturated rings. The van der Waals surface area contributed by atoms with Crippen molar-refractivity contribution in [2.75, 3.05) is 0 Å². The molecular weight excluding hydrogens is 394 g/mol. The Morgan fingerprint density at radius 2 is 1.42 bits per heavy atom. The van der Waals surface area contributed by atoms with Crippen molar-refractivity contribution in [2.24, 2.45) is 0 Å². The summed E-state index contributed by atoms with van der Waals surface area (Å²) in [6, 6.07) is 5.73. The smallest absolute Gasteiger partial charge is 0.408 e. The normalized spacial score (nSPS) is 13.9. The van der Waals surface area contributed by atoms with E-state index in [0.29, 0.717) is 5.56 Å². The molecule has 1 aromatic rings. The maximum atomic E-state index is 13.5. The summed E-state index contributed by atoms with van der Waals surface area (Å²) in [6.07, 6.45) is -0.680. The number of hydrogen-bond acceptors (Lipinski definition) is 4. The molecule has 0 heterocycles. The second-order valence-corrected chi connectivity index (χ2v) is 10.2. The third-order valence-electron chi connectivity index (χ3n) is 4.39. The molecule has 0 aromatic heterocycles. The number of nitrogens with one attached hydrogen (secondary N) is 2. The van der Waals surface area contributed by atoms with Gasteiger partial charge in [0, 0.05) is 11.6 Å². The number of hydrogen-bond donors (Lipinski definition) is 2. The SMILES string of the molecule is Cc1ccc(C(C(=O)NC(C)C)N(C(=O)C(C)NC(=O)OC(C)(C)C)C(C)(C)C)cc1. The van der Waals surface area contributed by atoms with Crippen molar-refractivity contribution in [1.82, 2.24) is 15.5 Å². The van der Waals surface area contributed by atoms with Crippen LogP contribution in [-0.4, -0.2) is 46.0 Å². The van der Waals surface area contributed by atoms with Crippen LogP contribution < -0.4 is 10.6 Å².